The van der Waals surface area contributed by atoms with Gasteiger partial charge in [0.15, 0.2) is 6.10 Å². The molecule has 1 amide bonds. The fourth-order valence-electron chi connectivity index (χ4n) is 2.66. The van der Waals surface area contributed by atoms with Gasteiger partial charge < -0.3 is 14.7 Å². The Kier molecular flexibility index (Phi) is 5.48. The van der Waals surface area contributed by atoms with E-state index in [1.165, 1.54) is 0 Å². The summed E-state index contributed by atoms with van der Waals surface area (Å²) < 4.78 is 5.67. The standard InChI is InChI=1S/C16H22ClNO3/c1-11(19)13-5-4-8-18(10-13)16(20)12(2)21-15-7-3-6-14(17)9-15/h3,6-7,9,11-13,19H,4-5,8,10H2,1-2H3. The van der Waals surface area contributed by atoms with Gasteiger partial charge in [-0.3, -0.25) is 4.79 Å². The highest BCUT2D eigenvalue weighted by atomic mass is 35.5. The summed E-state index contributed by atoms with van der Waals surface area (Å²) in [5.41, 5.74) is 0. The van der Waals surface area contributed by atoms with Crippen LogP contribution in [0.25, 0.3) is 0 Å². The highest BCUT2D eigenvalue weighted by molar-refractivity contribution is 6.30. The highest BCUT2D eigenvalue weighted by Crippen LogP contribution is 2.22. The Hall–Kier alpha value is -1.26. The third-order valence-corrected chi connectivity index (χ3v) is 4.14. The number of halogens is 1. The van der Waals surface area contributed by atoms with Crippen molar-refractivity contribution >= 4 is 17.5 Å². The average molecular weight is 312 g/mol. The fraction of sp³-hybridized carbons (Fsp3) is 0.562. The molecule has 3 unspecified atom stereocenters. The molecule has 21 heavy (non-hydrogen) atoms. The summed E-state index contributed by atoms with van der Waals surface area (Å²) in [6, 6.07) is 7.03. The summed E-state index contributed by atoms with van der Waals surface area (Å²) in [4.78, 5) is 14.2. The number of amides is 1. The second-order valence-electron chi connectivity index (χ2n) is 5.64. The average Bonchev–Trinajstić information content (AvgIpc) is 2.46. The molecule has 0 bridgehead atoms. The number of rotatable bonds is 4. The Labute approximate surface area is 130 Å². The van der Waals surface area contributed by atoms with Crippen LogP contribution in [0.2, 0.25) is 5.02 Å². The van der Waals surface area contributed by atoms with Gasteiger partial charge in [0.05, 0.1) is 6.10 Å². The predicted octanol–water partition coefficient (Wildman–Crippen LogP) is 2.73. The van der Waals surface area contributed by atoms with Crippen molar-refractivity contribution in [3.63, 3.8) is 0 Å². The van der Waals surface area contributed by atoms with Gasteiger partial charge in [0.1, 0.15) is 5.75 Å². The summed E-state index contributed by atoms with van der Waals surface area (Å²) in [7, 11) is 0. The van der Waals surface area contributed by atoms with Crippen LogP contribution in [0.5, 0.6) is 5.75 Å². The normalized spacial score (nSPS) is 21.7. The van der Waals surface area contributed by atoms with Gasteiger partial charge >= 0.3 is 0 Å². The van der Waals surface area contributed by atoms with E-state index >= 15 is 0 Å². The molecule has 0 radical (unpaired) electrons. The molecule has 5 heteroatoms. The number of carbonyl (C=O) groups is 1. The second-order valence-corrected chi connectivity index (χ2v) is 6.08. The molecule has 2 rings (SSSR count). The molecule has 0 aliphatic carbocycles. The van der Waals surface area contributed by atoms with E-state index in [0.717, 1.165) is 19.4 Å². The van der Waals surface area contributed by atoms with Crippen molar-refractivity contribution in [2.75, 3.05) is 13.1 Å². The van der Waals surface area contributed by atoms with Crippen LogP contribution >= 0.6 is 11.6 Å². The number of carbonyl (C=O) groups excluding carboxylic acids is 1. The predicted molar refractivity (Wildman–Crippen MR) is 82.5 cm³/mol. The Bertz CT molecular complexity index is 492. The summed E-state index contributed by atoms with van der Waals surface area (Å²) in [5.74, 6) is 0.703. The molecule has 116 valence electrons. The lowest BCUT2D eigenvalue weighted by Gasteiger charge is -2.35. The number of aliphatic hydroxyl groups excluding tert-OH is 1. The monoisotopic (exact) mass is 311 g/mol. The Morgan fingerprint density at radius 2 is 2.24 bits per heavy atom. The number of nitrogens with zero attached hydrogens (tertiary/aromatic N) is 1. The van der Waals surface area contributed by atoms with Gasteiger partial charge in [0, 0.05) is 24.0 Å². The molecule has 0 aromatic heterocycles. The van der Waals surface area contributed by atoms with Crippen molar-refractivity contribution in [2.24, 2.45) is 5.92 Å². The quantitative estimate of drug-likeness (QED) is 0.930. The molecular weight excluding hydrogens is 290 g/mol. The smallest absolute Gasteiger partial charge is 0.263 e. The number of piperidine rings is 1. The minimum Gasteiger partial charge on any atom is -0.481 e. The highest BCUT2D eigenvalue weighted by Gasteiger charge is 2.29. The van der Waals surface area contributed by atoms with Crippen molar-refractivity contribution in [3.8, 4) is 5.75 Å². The van der Waals surface area contributed by atoms with Crippen LogP contribution < -0.4 is 4.74 Å². The third-order valence-electron chi connectivity index (χ3n) is 3.91. The fourth-order valence-corrected chi connectivity index (χ4v) is 2.84. The summed E-state index contributed by atoms with van der Waals surface area (Å²) in [5, 5.41) is 10.3. The molecule has 1 saturated heterocycles. The lowest BCUT2D eigenvalue weighted by Crippen LogP contribution is -2.47. The topological polar surface area (TPSA) is 49.8 Å². The first-order valence-corrected chi connectivity index (χ1v) is 7.74. The van der Waals surface area contributed by atoms with Crippen LogP contribution in [0.1, 0.15) is 26.7 Å². The van der Waals surface area contributed by atoms with Crippen LogP contribution in [0, 0.1) is 5.92 Å². The number of hydrogen-bond acceptors (Lipinski definition) is 3. The molecule has 3 atom stereocenters. The molecule has 0 saturated carbocycles. The van der Waals surface area contributed by atoms with Crippen molar-refractivity contribution in [1.29, 1.82) is 0 Å². The van der Waals surface area contributed by atoms with Gasteiger partial charge in [0.25, 0.3) is 5.91 Å². The van der Waals surface area contributed by atoms with E-state index in [1.54, 1.807) is 43.0 Å². The van der Waals surface area contributed by atoms with Crippen LogP contribution in [-0.2, 0) is 4.79 Å². The molecule has 1 aliphatic rings. The Morgan fingerprint density at radius 3 is 2.90 bits per heavy atom. The van der Waals surface area contributed by atoms with E-state index in [1.807, 2.05) is 0 Å². The van der Waals surface area contributed by atoms with E-state index in [0.29, 0.717) is 17.3 Å². The first-order chi connectivity index (χ1) is 9.97. The first kappa shape index (κ1) is 16.1. The molecule has 1 heterocycles. The largest absolute Gasteiger partial charge is 0.481 e. The lowest BCUT2D eigenvalue weighted by molar-refractivity contribution is -0.140. The van der Waals surface area contributed by atoms with Crippen LogP contribution in [0.4, 0.5) is 0 Å². The number of likely N-dealkylation sites (tertiary alicyclic amines) is 1. The maximum atomic E-state index is 12.4. The minimum absolute atomic E-state index is 0.0414. The number of ether oxygens (including phenoxy) is 1. The zero-order valence-electron chi connectivity index (χ0n) is 12.5. The molecule has 1 aromatic rings. The molecule has 1 fully saturated rings. The molecule has 1 N–H and O–H groups in total. The van der Waals surface area contributed by atoms with Crippen molar-refractivity contribution in [1.82, 2.24) is 4.90 Å². The van der Waals surface area contributed by atoms with Crippen molar-refractivity contribution in [2.45, 2.75) is 38.9 Å². The van der Waals surface area contributed by atoms with Crippen molar-refractivity contribution in [3.05, 3.63) is 29.3 Å². The van der Waals surface area contributed by atoms with Gasteiger partial charge in [0.2, 0.25) is 0 Å². The van der Waals surface area contributed by atoms with Crippen LogP contribution in [0.3, 0.4) is 0 Å². The molecular formula is C16H22ClNO3. The van der Waals surface area contributed by atoms with Gasteiger partial charge in [-0.05, 0) is 44.9 Å². The molecule has 1 aromatic carbocycles. The molecule has 0 spiro atoms. The molecule has 1 aliphatic heterocycles. The molecule has 4 nitrogen and oxygen atoms in total. The lowest BCUT2D eigenvalue weighted by atomic mass is 9.93. The van der Waals surface area contributed by atoms with E-state index < -0.39 is 6.10 Å². The van der Waals surface area contributed by atoms with E-state index in [9.17, 15) is 9.90 Å². The third kappa shape index (κ3) is 4.35. The number of aliphatic hydroxyl groups is 1. The minimum atomic E-state index is -0.559. The SMILES string of the molecule is CC(Oc1cccc(Cl)c1)C(=O)N1CCCC(C(C)O)C1. The Balaban J connectivity index is 1.95. The second kappa shape index (κ2) is 7.14. The van der Waals surface area contributed by atoms with Gasteiger partial charge in [-0.15, -0.1) is 0 Å². The Morgan fingerprint density at radius 1 is 1.48 bits per heavy atom. The van der Waals surface area contributed by atoms with Gasteiger partial charge in [-0.2, -0.15) is 0 Å². The van der Waals surface area contributed by atoms with E-state index in [4.69, 9.17) is 16.3 Å². The maximum Gasteiger partial charge on any atom is 0.263 e. The van der Waals surface area contributed by atoms with E-state index in [-0.39, 0.29) is 17.9 Å². The van der Waals surface area contributed by atoms with E-state index in [2.05, 4.69) is 0 Å². The zero-order valence-corrected chi connectivity index (χ0v) is 13.2. The van der Waals surface area contributed by atoms with Gasteiger partial charge in [-0.1, -0.05) is 17.7 Å². The van der Waals surface area contributed by atoms with Crippen molar-refractivity contribution < 1.29 is 14.6 Å². The van der Waals surface area contributed by atoms with Gasteiger partial charge in [-0.25, -0.2) is 0 Å². The number of benzene rings is 1. The summed E-state index contributed by atoms with van der Waals surface area (Å²) >= 11 is 5.91. The zero-order chi connectivity index (χ0) is 15.4. The summed E-state index contributed by atoms with van der Waals surface area (Å²) in [6.45, 7) is 4.85. The number of hydrogen-bond donors (Lipinski definition) is 1. The van der Waals surface area contributed by atoms with Crippen LogP contribution in [-0.4, -0.2) is 41.2 Å². The summed E-state index contributed by atoms with van der Waals surface area (Å²) in [6.07, 6.45) is 0.942. The maximum absolute atomic E-state index is 12.4. The first-order valence-electron chi connectivity index (χ1n) is 7.36. The van der Waals surface area contributed by atoms with Crippen LogP contribution in [0.15, 0.2) is 24.3 Å².